The number of nitrogens with zero attached hydrogens (tertiary/aromatic N) is 3. The highest BCUT2D eigenvalue weighted by molar-refractivity contribution is 6.03. The predicted octanol–water partition coefficient (Wildman–Crippen LogP) is 1.18. The van der Waals surface area contributed by atoms with Crippen LogP contribution in [0.5, 0.6) is 11.5 Å². The lowest BCUT2D eigenvalue weighted by atomic mass is 10.1. The summed E-state index contributed by atoms with van der Waals surface area (Å²) in [4.78, 5) is 26.4. The van der Waals surface area contributed by atoms with Gasteiger partial charge in [-0.05, 0) is 12.1 Å². The first kappa shape index (κ1) is 15.5. The Morgan fingerprint density at radius 3 is 2.84 bits per heavy atom. The van der Waals surface area contributed by atoms with Crippen molar-refractivity contribution >= 4 is 23.2 Å². The Hall–Kier alpha value is -3.03. The first-order valence-corrected chi connectivity index (χ1v) is 8.10. The van der Waals surface area contributed by atoms with E-state index in [0.29, 0.717) is 42.6 Å². The molecule has 1 N–H and O–H groups in total. The summed E-state index contributed by atoms with van der Waals surface area (Å²) in [6, 6.07) is 5.39. The molecule has 1 unspecified atom stereocenters. The quantitative estimate of drug-likeness (QED) is 0.905. The molecule has 130 valence electrons. The van der Waals surface area contributed by atoms with Gasteiger partial charge in [0.05, 0.1) is 17.8 Å². The lowest BCUT2D eigenvalue weighted by Gasteiger charge is -2.22. The van der Waals surface area contributed by atoms with Crippen molar-refractivity contribution in [1.82, 2.24) is 9.78 Å². The van der Waals surface area contributed by atoms with Crippen LogP contribution in [0.4, 0.5) is 11.4 Å². The van der Waals surface area contributed by atoms with Gasteiger partial charge in [0.15, 0.2) is 11.5 Å². The minimum absolute atomic E-state index is 0.0805. The molecule has 0 radical (unpaired) electrons. The summed E-state index contributed by atoms with van der Waals surface area (Å²) < 4.78 is 12.7. The van der Waals surface area contributed by atoms with Crippen LogP contribution in [0.3, 0.4) is 0 Å². The molecule has 2 aromatic rings. The van der Waals surface area contributed by atoms with E-state index in [1.807, 2.05) is 6.07 Å². The monoisotopic (exact) mass is 342 g/mol. The number of hydrogen-bond acceptors (Lipinski definition) is 5. The molecule has 25 heavy (non-hydrogen) atoms. The molecule has 2 amide bonds. The topological polar surface area (TPSA) is 85.7 Å². The number of carbonyl (C=O) groups excluding carboxylic acids is 2. The third kappa shape index (κ3) is 3.02. The maximum Gasteiger partial charge on any atom is 0.229 e. The van der Waals surface area contributed by atoms with Gasteiger partial charge in [-0.2, -0.15) is 5.10 Å². The van der Waals surface area contributed by atoms with Gasteiger partial charge < -0.3 is 19.7 Å². The summed E-state index contributed by atoms with van der Waals surface area (Å²) >= 11 is 0. The van der Waals surface area contributed by atoms with Gasteiger partial charge in [-0.15, -0.1) is 0 Å². The number of nitrogens with one attached hydrogen (secondary N) is 1. The fourth-order valence-corrected chi connectivity index (χ4v) is 3.06. The van der Waals surface area contributed by atoms with E-state index in [4.69, 9.17) is 9.47 Å². The second kappa shape index (κ2) is 6.12. The Morgan fingerprint density at radius 1 is 1.28 bits per heavy atom. The summed E-state index contributed by atoms with van der Waals surface area (Å²) in [5, 5.41) is 6.81. The molecular weight excluding hydrogens is 324 g/mol. The smallest absolute Gasteiger partial charge is 0.229 e. The first-order chi connectivity index (χ1) is 12.1. The minimum atomic E-state index is -0.402. The van der Waals surface area contributed by atoms with Gasteiger partial charge in [0.25, 0.3) is 0 Å². The van der Waals surface area contributed by atoms with Crippen LogP contribution in [0.25, 0.3) is 0 Å². The zero-order valence-electron chi connectivity index (χ0n) is 13.8. The molecule has 8 nitrogen and oxygen atoms in total. The molecule has 0 saturated carbocycles. The highest BCUT2D eigenvalue weighted by Crippen LogP contribution is 2.36. The maximum absolute atomic E-state index is 12.4. The summed E-state index contributed by atoms with van der Waals surface area (Å²) in [6.45, 7) is 1.34. The number of aromatic nitrogens is 2. The van der Waals surface area contributed by atoms with Crippen molar-refractivity contribution in [3.05, 3.63) is 30.6 Å². The zero-order chi connectivity index (χ0) is 17.4. The lowest BCUT2D eigenvalue weighted by Crippen LogP contribution is -2.28. The van der Waals surface area contributed by atoms with Crippen molar-refractivity contribution in [3.8, 4) is 11.5 Å². The lowest BCUT2D eigenvalue weighted by molar-refractivity contribution is -0.122. The van der Waals surface area contributed by atoms with Crippen molar-refractivity contribution in [2.24, 2.45) is 13.0 Å². The van der Waals surface area contributed by atoms with Crippen LogP contribution in [-0.2, 0) is 16.6 Å². The summed E-state index contributed by atoms with van der Waals surface area (Å²) in [5.74, 6) is 0.637. The normalized spacial score (nSPS) is 19.2. The third-order valence-corrected chi connectivity index (χ3v) is 4.31. The standard InChI is InChI=1S/C17H18N4O4/c1-20-10-12(8-18-20)19-17(23)11-6-16(22)21(9-11)13-2-3-14-15(7-13)25-5-4-24-14/h2-3,7-8,10-11H,4-6,9H2,1H3,(H,19,23). The van der Waals surface area contributed by atoms with Crippen molar-refractivity contribution in [2.75, 3.05) is 30.0 Å². The van der Waals surface area contributed by atoms with Gasteiger partial charge in [-0.25, -0.2) is 0 Å². The van der Waals surface area contributed by atoms with Crippen LogP contribution in [0.15, 0.2) is 30.6 Å². The van der Waals surface area contributed by atoms with Gasteiger partial charge in [0.1, 0.15) is 13.2 Å². The molecule has 1 saturated heterocycles. The molecule has 0 aliphatic carbocycles. The molecule has 2 aliphatic heterocycles. The van der Waals surface area contributed by atoms with Crippen molar-refractivity contribution < 1.29 is 19.1 Å². The molecule has 8 heteroatoms. The zero-order valence-corrected chi connectivity index (χ0v) is 13.8. The Kier molecular flexibility index (Phi) is 3.79. The van der Waals surface area contributed by atoms with E-state index in [0.717, 1.165) is 0 Å². The van der Waals surface area contributed by atoms with Gasteiger partial charge in [0.2, 0.25) is 11.8 Å². The number of carbonyl (C=O) groups is 2. The second-order valence-corrected chi connectivity index (χ2v) is 6.13. The Bertz CT molecular complexity index is 832. The summed E-state index contributed by atoms with van der Waals surface area (Å²) in [7, 11) is 1.78. The van der Waals surface area contributed by atoms with Crippen LogP contribution in [0.2, 0.25) is 0 Å². The van der Waals surface area contributed by atoms with Crippen molar-refractivity contribution in [1.29, 1.82) is 0 Å². The summed E-state index contributed by atoms with van der Waals surface area (Å²) in [5.41, 5.74) is 1.34. The average molecular weight is 342 g/mol. The molecule has 1 aromatic heterocycles. The molecule has 4 rings (SSSR count). The molecule has 2 aliphatic rings. The van der Waals surface area contributed by atoms with Gasteiger partial charge >= 0.3 is 0 Å². The molecular formula is C17H18N4O4. The van der Waals surface area contributed by atoms with E-state index in [1.54, 1.807) is 41.2 Å². The molecule has 1 fully saturated rings. The largest absolute Gasteiger partial charge is 0.486 e. The van der Waals surface area contributed by atoms with E-state index < -0.39 is 5.92 Å². The number of fused-ring (bicyclic) bond motifs is 1. The number of benzene rings is 1. The fraction of sp³-hybridized carbons (Fsp3) is 0.353. The molecule has 1 atom stereocenters. The second-order valence-electron chi connectivity index (χ2n) is 6.13. The van der Waals surface area contributed by atoms with Crippen LogP contribution in [-0.4, -0.2) is 41.4 Å². The number of amides is 2. The van der Waals surface area contributed by atoms with Crippen LogP contribution < -0.4 is 19.7 Å². The van der Waals surface area contributed by atoms with Crippen LogP contribution in [0.1, 0.15) is 6.42 Å². The molecule has 1 aromatic carbocycles. The summed E-state index contributed by atoms with van der Waals surface area (Å²) in [6.07, 6.45) is 3.47. The Balaban J connectivity index is 1.47. The number of rotatable bonds is 3. The van der Waals surface area contributed by atoms with Crippen LogP contribution in [0, 0.1) is 5.92 Å². The number of hydrogen-bond donors (Lipinski definition) is 1. The molecule has 3 heterocycles. The predicted molar refractivity (Wildman–Crippen MR) is 89.7 cm³/mol. The van der Waals surface area contributed by atoms with E-state index in [2.05, 4.69) is 10.4 Å². The highest BCUT2D eigenvalue weighted by Gasteiger charge is 2.35. The number of anilines is 2. The van der Waals surface area contributed by atoms with Gasteiger partial charge in [-0.3, -0.25) is 14.3 Å². The van der Waals surface area contributed by atoms with E-state index >= 15 is 0 Å². The SMILES string of the molecule is Cn1cc(NC(=O)C2CC(=O)N(c3ccc4c(c3)OCCO4)C2)cn1. The van der Waals surface area contributed by atoms with E-state index in [1.165, 1.54) is 0 Å². The number of ether oxygens (including phenoxy) is 2. The van der Waals surface area contributed by atoms with Crippen molar-refractivity contribution in [3.63, 3.8) is 0 Å². The maximum atomic E-state index is 12.4. The Labute approximate surface area is 144 Å². The van der Waals surface area contributed by atoms with Gasteiger partial charge in [0, 0.05) is 38.0 Å². The van der Waals surface area contributed by atoms with E-state index in [9.17, 15) is 9.59 Å². The van der Waals surface area contributed by atoms with E-state index in [-0.39, 0.29) is 18.2 Å². The third-order valence-electron chi connectivity index (χ3n) is 4.31. The first-order valence-electron chi connectivity index (χ1n) is 8.10. The molecule has 0 spiro atoms. The highest BCUT2D eigenvalue weighted by atomic mass is 16.6. The van der Waals surface area contributed by atoms with Crippen molar-refractivity contribution in [2.45, 2.75) is 6.42 Å². The average Bonchev–Trinajstić information content (AvgIpc) is 3.20. The molecule has 0 bridgehead atoms. The Morgan fingerprint density at radius 2 is 2.08 bits per heavy atom. The van der Waals surface area contributed by atoms with Gasteiger partial charge in [-0.1, -0.05) is 0 Å². The minimum Gasteiger partial charge on any atom is -0.486 e. The van der Waals surface area contributed by atoms with Crippen LogP contribution >= 0.6 is 0 Å². The fourth-order valence-electron chi connectivity index (χ4n) is 3.06. The number of aryl methyl sites for hydroxylation is 1.